The number of rotatable bonds is 4. The Bertz CT molecular complexity index is 927. The maximum atomic E-state index is 6.47. The third-order valence-corrected chi connectivity index (χ3v) is 5.68. The molecule has 0 aliphatic carbocycles. The van der Waals surface area contributed by atoms with Crippen LogP contribution in [0.1, 0.15) is 39.3 Å². The maximum absolute atomic E-state index is 6.47. The summed E-state index contributed by atoms with van der Waals surface area (Å²) in [5, 5.41) is 11.1. The average molecular weight is 485 g/mol. The minimum absolute atomic E-state index is 0.00435. The lowest BCUT2D eigenvalue weighted by atomic mass is 10.1. The number of hydrogen-bond donors (Lipinski definition) is 0. The molecule has 3 heterocycles. The molecule has 0 bridgehead atoms. The first-order chi connectivity index (χ1) is 12.5. The maximum Gasteiger partial charge on any atom is 0.150 e. The summed E-state index contributed by atoms with van der Waals surface area (Å²) in [7, 11) is 0. The highest BCUT2D eigenvalue weighted by molar-refractivity contribution is 14.1. The molecule has 4 rings (SSSR count). The van der Waals surface area contributed by atoms with E-state index in [1.807, 2.05) is 27.7 Å². The first-order valence-corrected chi connectivity index (χ1v) is 10.5. The normalized spacial score (nSPS) is 18.1. The molecular weight excluding hydrogens is 463 g/mol. The molecule has 1 aliphatic rings. The van der Waals surface area contributed by atoms with Crippen molar-refractivity contribution in [1.29, 1.82) is 0 Å². The van der Waals surface area contributed by atoms with Crippen molar-refractivity contribution in [2.24, 2.45) is 5.92 Å². The molecule has 26 heavy (non-hydrogen) atoms. The van der Waals surface area contributed by atoms with Gasteiger partial charge < -0.3 is 4.74 Å². The number of nitrogens with zero attached hydrogens (tertiary/aromatic N) is 4. The predicted molar refractivity (Wildman–Crippen MR) is 112 cm³/mol. The van der Waals surface area contributed by atoms with Crippen LogP contribution < -0.4 is 0 Å². The minimum Gasteiger partial charge on any atom is -0.356 e. The molecule has 1 fully saturated rings. The van der Waals surface area contributed by atoms with Crippen molar-refractivity contribution in [2.75, 3.05) is 6.61 Å². The zero-order chi connectivity index (χ0) is 18.3. The van der Waals surface area contributed by atoms with Gasteiger partial charge in [0.05, 0.1) is 11.7 Å². The fourth-order valence-electron chi connectivity index (χ4n) is 3.53. The third kappa shape index (κ3) is 3.51. The number of aromatic nitrogens is 4. The molecule has 0 radical (unpaired) electrons. The van der Waals surface area contributed by atoms with Crippen molar-refractivity contribution < 1.29 is 4.74 Å². The second-order valence-corrected chi connectivity index (χ2v) is 8.70. The van der Waals surface area contributed by atoms with Gasteiger partial charge in [0.2, 0.25) is 0 Å². The molecule has 1 unspecified atom stereocenters. The van der Waals surface area contributed by atoms with Gasteiger partial charge in [0.25, 0.3) is 0 Å². The van der Waals surface area contributed by atoms with Crippen LogP contribution in [0.25, 0.3) is 22.0 Å². The first kappa shape index (κ1) is 18.3. The van der Waals surface area contributed by atoms with Gasteiger partial charge in [0, 0.05) is 35.3 Å². The van der Waals surface area contributed by atoms with Gasteiger partial charge in [-0.25, -0.2) is 4.68 Å². The highest BCUT2D eigenvalue weighted by Gasteiger charge is 2.21. The van der Waals surface area contributed by atoms with Crippen LogP contribution in [0, 0.1) is 9.62 Å². The quantitative estimate of drug-likeness (QED) is 0.459. The monoisotopic (exact) mass is 484 g/mol. The van der Waals surface area contributed by atoms with Gasteiger partial charge in [-0.1, -0.05) is 25.4 Å². The molecule has 7 heteroatoms. The highest BCUT2D eigenvalue weighted by atomic mass is 127. The predicted octanol–water partition coefficient (Wildman–Crippen LogP) is 5.51. The van der Waals surface area contributed by atoms with E-state index in [4.69, 9.17) is 16.3 Å². The fraction of sp³-hybridized carbons (Fsp3) is 0.474. The van der Waals surface area contributed by atoms with E-state index in [1.165, 1.54) is 6.42 Å². The van der Waals surface area contributed by atoms with Crippen LogP contribution >= 0.6 is 34.2 Å². The Morgan fingerprint density at radius 2 is 2.15 bits per heavy atom. The third-order valence-electron chi connectivity index (χ3n) is 4.67. The molecule has 0 amide bonds. The lowest BCUT2D eigenvalue weighted by Crippen LogP contribution is -2.18. The molecule has 1 atom stereocenters. The van der Waals surface area contributed by atoms with Gasteiger partial charge in [0.1, 0.15) is 3.70 Å². The van der Waals surface area contributed by atoms with Crippen LogP contribution in [0.15, 0.2) is 24.5 Å². The second kappa shape index (κ2) is 7.48. The molecule has 3 aromatic rings. The van der Waals surface area contributed by atoms with E-state index in [2.05, 4.69) is 52.8 Å². The lowest BCUT2D eigenvalue weighted by Gasteiger charge is -2.23. The van der Waals surface area contributed by atoms with Crippen molar-refractivity contribution >= 4 is 45.1 Å². The number of hydrogen-bond acceptors (Lipinski definition) is 3. The second-order valence-electron chi connectivity index (χ2n) is 7.25. The van der Waals surface area contributed by atoms with Gasteiger partial charge in [-0.15, -0.1) is 0 Å². The van der Waals surface area contributed by atoms with Gasteiger partial charge >= 0.3 is 0 Å². The largest absolute Gasteiger partial charge is 0.356 e. The van der Waals surface area contributed by atoms with E-state index < -0.39 is 0 Å². The van der Waals surface area contributed by atoms with E-state index in [0.29, 0.717) is 10.9 Å². The van der Waals surface area contributed by atoms with Crippen molar-refractivity contribution in [3.8, 4) is 11.1 Å². The van der Waals surface area contributed by atoms with Gasteiger partial charge in [-0.3, -0.25) is 4.68 Å². The van der Waals surface area contributed by atoms with Crippen LogP contribution in [0.5, 0.6) is 0 Å². The summed E-state index contributed by atoms with van der Waals surface area (Å²) in [6.07, 6.45) is 7.31. The van der Waals surface area contributed by atoms with Crippen LogP contribution in [-0.2, 0) is 11.3 Å². The summed E-state index contributed by atoms with van der Waals surface area (Å²) in [5.41, 5.74) is 3.20. The van der Waals surface area contributed by atoms with Crippen molar-refractivity contribution in [1.82, 2.24) is 19.6 Å². The first-order valence-electron chi connectivity index (χ1n) is 9.04. The Balaban J connectivity index is 1.81. The lowest BCUT2D eigenvalue weighted by molar-refractivity contribution is -0.0366. The molecule has 0 spiro atoms. The van der Waals surface area contributed by atoms with Crippen LogP contribution in [0.2, 0.25) is 5.02 Å². The average Bonchev–Trinajstić information content (AvgIpc) is 3.18. The standard InChI is InChI=1S/C19H22ClIN4O/c1-12(2)10-24-11-16(19(21)23-24)14-7-13(20)8-17-15(14)9-22-25(17)18-5-3-4-6-26-18/h7-9,11-12,18H,3-6,10H2,1-2H3. The Hall–Kier alpha value is -1.12. The van der Waals surface area contributed by atoms with E-state index in [0.717, 1.165) is 51.7 Å². The summed E-state index contributed by atoms with van der Waals surface area (Å²) in [6, 6.07) is 3.99. The van der Waals surface area contributed by atoms with Crippen molar-refractivity contribution in [3.05, 3.63) is 33.2 Å². The summed E-state index contributed by atoms with van der Waals surface area (Å²) < 4.78 is 10.9. The zero-order valence-corrected chi connectivity index (χ0v) is 17.9. The Kier molecular flexibility index (Phi) is 5.25. The Morgan fingerprint density at radius 3 is 2.88 bits per heavy atom. The summed E-state index contributed by atoms with van der Waals surface area (Å²) in [5.74, 6) is 0.545. The van der Waals surface area contributed by atoms with Crippen LogP contribution in [-0.4, -0.2) is 26.2 Å². The van der Waals surface area contributed by atoms with Crippen LogP contribution in [0.4, 0.5) is 0 Å². The van der Waals surface area contributed by atoms with E-state index in [1.54, 1.807) is 0 Å². The molecule has 5 nitrogen and oxygen atoms in total. The Morgan fingerprint density at radius 1 is 1.31 bits per heavy atom. The van der Waals surface area contributed by atoms with E-state index in [9.17, 15) is 0 Å². The van der Waals surface area contributed by atoms with Crippen LogP contribution in [0.3, 0.4) is 0 Å². The topological polar surface area (TPSA) is 44.9 Å². The van der Waals surface area contributed by atoms with Crippen molar-refractivity contribution in [3.63, 3.8) is 0 Å². The van der Waals surface area contributed by atoms with Gasteiger partial charge in [-0.05, 0) is 65.5 Å². The number of ether oxygens (including phenoxy) is 1. The smallest absolute Gasteiger partial charge is 0.150 e. The minimum atomic E-state index is -0.00435. The van der Waals surface area contributed by atoms with E-state index in [-0.39, 0.29) is 6.23 Å². The number of halogens is 2. The molecule has 1 saturated heterocycles. The molecule has 1 aromatic carbocycles. The highest BCUT2D eigenvalue weighted by Crippen LogP contribution is 2.36. The van der Waals surface area contributed by atoms with Gasteiger partial charge in [0.15, 0.2) is 6.23 Å². The van der Waals surface area contributed by atoms with E-state index >= 15 is 0 Å². The fourth-order valence-corrected chi connectivity index (χ4v) is 4.45. The Labute approximate surface area is 171 Å². The molecule has 2 aromatic heterocycles. The SMILES string of the molecule is CC(C)Cn1cc(-c2cc(Cl)cc3c2cnn3C2CCCCO2)c(I)n1. The molecule has 0 saturated carbocycles. The summed E-state index contributed by atoms with van der Waals surface area (Å²) in [6.45, 7) is 6.08. The summed E-state index contributed by atoms with van der Waals surface area (Å²) in [4.78, 5) is 0. The zero-order valence-electron chi connectivity index (χ0n) is 15.0. The number of benzene rings is 1. The molecule has 0 N–H and O–H groups in total. The van der Waals surface area contributed by atoms with Crippen molar-refractivity contribution in [2.45, 2.75) is 45.9 Å². The number of fused-ring (bicyclic) bond motifs is 1. The molecular formula is C19H22ClIN4O. The molecule has 1 aliphatic heterocycles. The molecule has 138 valence electrons. The summed E-state index contributed by atoms with van der Waals surface area (Å²) >= 11 is 8.77. The van der Waals surface area contributed by atoms with Gasteiger partial charge in [-0.2, -0.15) is 10.2 Å².